The van der Waals surface area contributed by atoms with E-state index in [9.17, 15) is 9.59 Å². The van der Waals surface area contributed by atoms with Crippen molar-refractivity contribution in [3.63, 3.8) is 0 Å². The van der Waals surface area contributed by atoms with Crippen LogP contribution in [0.3, 0.4) is 0 Å². The van der Waals surface area contributed by atoms with Gasteiger partial charge in [0.1, 0.15) is 5.82 Å². The molecule has 2 aliphatic heterocycles. The van der Waals surface area contributed by atoms with Crippen molar-refractivity contribution in [2.45, 2.75) is 58.9 Å². The Labute approximate surface area is 187 Å². The van der Waals surface area contributed by atoms with Gasteiger partial charge in [-0.2, -0.15) is 0 Å². The van der Waals surface area contributed by atoms with Crippen LogP contribution in [0, 0.1) is 20.8 Å². The molecule has 2 amide bonds. The minimum Gasteiger partial charge on any atom is -0.358 e. The van der Waals surface area contributed by atoms with E-state index in [2.05, 4.69) is 24.0 Å². The quantitative estimate of drug-likeness (QED) is 0.686. The number of hydrogen-bond acceptors (Lipinski definition) is 4. The number of carbonyl (C=O) groups excluding carboxylic acids is 2. The Hall–Kier alpha value is -3.22. The molecule has 4 heterocycles. The van der Waals surface area contributed by atoms with Crippen molar-refractivity contribution in [3.05, 3.63) is 52.1 Å². The summed E-state index contributed by atoms with van der Waals surface area (Å²) < 4.78 is 0. The van der Waals surface area contributed by atoms with Gasteiger partial charge in [-0.05, 0) is 51.2 Å². The number of rotatable bonds is 3. The van der Waals surface area contributed by atoms with Gasteiger partial charge >= 0.3 is 0 Å². The molecule has 1 N–H and O–H groups in total. The number of anilines is 1. The van der Waals surface area contributed by atoms with Crippen molar-refractivity contribution in [1.82, 2.24) is 19.9 Å². The molecule has 2 aromatic heterocycles. The Balaban J connectivity index is 1.47. The number of aromatic nitrogens is 3. The van der Waals surface area contributed by atoms with Gasteiger partial charge in [0.15, 0.2) is 5.82 Å². The fraction of sp³-hybridized carbons (Fsp3) is 0.440. The number of likely N-dealkylation sites (N-methyl/N-ethyl adjacent to an activating group) is 1. The number of likely N-dealkylation sites (tertiary alicyclic amines) is 1. The van der Waals surface area contributed by atoms with E-state index in [1.807, 2.05) is 24.8 Å². The standard InChI is InChI=1S/C25H29N5O2/c1-14-8-7-9-17-18(15(2)26-23(14)17)12-22(32)30-11-6-5-10-20(30)24-27-16(3)19-13-21(31)29(4)25(19)28-24/h7-9,20,26H,5-6,10-13H2,1-4H3. The maximum absolute atomic E-state index is 13.6. The number of H-pyrrole nitrogens is 1. The maximum Gasteiger partial charge on any atom is 0.232 e. The van der Waals surface area contributed by atoms with Gasteiger partial charge in [0.2, 0.25) is 11.8 Å². The molecular formula is C25H29N5O2. The van der Waals surface area contributed by atoms with E-state index in [0.29, 0.717) is 31.0 Å². The van der Waals surface area contributed by atoms with Crippen LogP contribution in [0.2, 0.25) is 0 Å². The van der Waals surface area contributed by atoms with Crippen molar-refractivity contribution in [3.8, 4) is 0 Å². The molecular weight excluding hydrogens is 402 g/mol. The van der Waals surface area contributed by atoms with Crippen molar-refractivity contribution < 1.29 is 9.59 Å². The Bertz CT molecular complexity index is 1240. The topological polar surface area (TPSA) is 82.2 Å². The van der Waals surface area contributed by atoms with Crippen molar-refractivity contribution in [2.75, 3.05) is 18.5 Å². The molecule has 1 unspecified atom stereocenters. The highest BCUT2D eigenvalue weighted by Gasteiger charge is 2.34. The van der Waals surface area contributed by atoms with Crippen LogP contribution < -0.4 is 4.90 Å². The smallest absolute Gasteiger partial charge is 0.232 e. The highest BCUT2D eigenvalue weighted by Crippen LogP contribution is 2.35. The van der Waals surface area contributed by atoms with Gasteiger partial charge < -0.3 is 9.88 Å². The number of hydrogen-bond donors (Lipinski definition) is 1. The molecule has 3 aromatic rings. The highest BCUT2D eigenvalue weighted by molar-refractivity contribution is 6.00. The lowest BCUT2D eigenvalue weighted by Gasteiger charge is -2.35. The van der Waals surface area contributed by atoms with Gasteiger partial charge in [-0.3, -0.25) is 14.5 Å². The van der Waals surface area contributed by atoms with Crippen molar-refractivity contribution >= 4 is 28.5 Å². The number of nitrogens with zero attached hydrogens (tertiary/aromatic N) is 4. The van der Waals surface area contributed by atoms with E-state index < -0.39 is 0 Å². The maximum atomic E-state index is 13.6. The average Bonchev–Trinajstić information content (AvgIpc) is 3.26. The van der Waals surface area contributed by atoms with Crippen LogP contribution in [-0.4, -0.2) is 45.3 Å². The first-order chi connectivity index (χ1) is 15.3. The molecule has 1 saturated heterocycles. The molecule has 0 bridgehead atoms. The first-order valence-corrected chi connectivity index (χ1v) is 11.4. The summed E-state index contributed by atoms with van der Waals surface area (Å²) in [4.78, 5) is 42.3. The number of benzene rings is 1. The highest BCUT2D eigenvalue weighted by atomic mass is 16.2. The molecule has 2 aliphatic rings. The number of aromatic amines is 1. The lowest BCUT2D eigenvalue weighted by molar-refractivity contribution is -0.134. The van der Waals surface area contributed by atoms with Gasteiger partial charge in [0, 0.05) is 41.4 Å². The Morgan fingerprint density at radius 3 is 2.81 bits per heavy atom. The Morgan fingerprint density at radius 2 is 2.00 bits per heavy atom. The van der Waals surface area contributed by atoms with Crippen LogP contribution in [0.4, 0.5) is 5.82 Å². The summed E-state index contributed by atoms with van der Waals surface area (Å²) >= 11 is 0. The number of carbonyl (C=O) groups is 2. The number of fused-ring (bicyclic) bond motifs is 2. The molecule has 1 fully saturated rings. The molecule has 7 heteroatoms. The molecule has 7 nitrogen and oxygen atoms in total. The van der Waals surface area contributed by atoms with E-state index in [1.54, 1.807) is 11.9 Å². The number of para-hydroxylation sites is 1. The normalized spacial score (nSPS) is 18.5. The SMILES string of the molecule is Cc1nc(C2CCCCN2C(=O)Cc2c(C)[nH]c3c(C)cccc23)nc2c1CC(=O)N2C. The third-order valence-electron chi connectivity index (χ3n) is 7.04. The fourth-order valence-electron chi connectivity index (χ4n) is 5.15. The van der Waals surface area contributed by atoms with E-state index in [4.69, 9.17) is 9.97 Å². The van der Waals surface area contributed by atoms with Crippen LogP contribution in [0.25, 0.3) is 10.9 Å². The number of aryl methyl sites for hydroxylation is 3. The van der Waals surface area contributed by atoms with Gasteiger partial charge in [-0.1, -0.05) is 18.2 Å². The second-order valence-electron chi connectivity index (χ2n) is 9.10. The minimum atomic E-state index is -0.156. The van der Waals surface area contributed by atoms with Gasteiger partial charge in [-0.25, -0.2) is 9.97 Å². The second kappa shape index (κ2) is 7.73. The summed E-state index contributed by atoms with van der Waals surface area (Å²) in [5.74, 6) is 1.49. The Morgan fingerprint density at radius 1 is 1.19 bits per heavy atom. The molecule has 0 radical (unpaired) electrons. The zero-order valence-electron chi connectivity index (χ0n) is 19.2. The molecule has 0 saturated carbocycles. The van der Waals surface area contributed by atoms with E-state index in [1.165, 1.54) is 5.56 Å². The van der Waals surface area contributed by atoms with Gasteiger partial charge in [0.05, 0.1) is 18.9 Å². The van der Waals surface area contributed by atoms with E-state index >= 15 is 0 Å². The Kier molecular flexibility index (Phi) is 4.99. The molecule has 0 spiro atoms. The predicted molar refractivity (Wildman–Crippen MR) is 124 cm³/mol. The number of amides is 2. The second-order valence-corrected chi connectivity index (χ2v) is 9.10. The summed E-state index contributed by atoms with van der Waals surface area (Å²) in [6.07, 6.45) is 3.57. The van der Waals surface area contributed by atoms with Gasteiger partial charge in [-0.15, -0.1) is 0 Å². The summed E-state index contributed by atoms with van der Waals surface area (Å²) in [5.41, 5.74) is 6.13. The minimum absolute atomic E-state index is 0.0382. The van der Waals surface area contributed by atoms with E-state index in [-0.39, 0.29) is 17.9 Å². The zero-order chi connectivity index (χ0) is 22.6. The first kappa shape index (κ1) is 20.7. The monoisotopic (exact) mass is 431 g/mol. The van der Waals surface area contributed by atoms with Gasteiger partial charge in [0.25, 0.3) is 0 Å². The molecule has 32 heavy (non-hydrogen) atoms. The van der Waals surface area contributed by atoms with Crippen LogP contribution in [0.5, 0.6) is 0 Å². The third-order valence-corrected chi connectivity index (χ3v) is 7.04. The third kappa shape index (κ3) is 3.27. The molecule has 0 aliphatic carbocycles. The van der Waals surface area contributed by atoms with Crippen LogP contribution in [0.1, 0.15) is 59.2 Å². The zero-order valence-corrected chi connectivity index (χ0v) is 19.2. The lowest BCUT2D eigenvalue weighted by Crippen LogP contribution is -2.40. The number of nitrogens with one attached hydrogen (secondary N) is 1. The predicted octanol–water partition coefficient (Wildman–Crippen LogP) is 3.70. The van der Waals surface area contributed by atoms with Crippen molar-refractivity contribution in [2.24, 2.45) is 0 Å². The number of piperidine rings is 1. The summed E-state index contributed by atoms with van der Waals surface area (Å²) in [7, 11) is 1.76. The van der Waals surface area contributed by atoms with Crippen LogP contribution in [0.15, 0.2) is 18.2 Å². The molecule has 1 atom stereocenters. The average molecular weight is 432 g/mol. The van der Waals surface area contributed by atoms with E-state index in [0.717, 1.165) is 52.7 Å². The van der Waals surface area contributed by atoms with Crippen LogP contribution in [-0.2, 0) is 22.4 Å². The molecule has 1 aromatic carbocycles. The summed E-state index contributed by atoms with van der Waals surface area (Å²) in [6, 6.07) is 6.06. The fourth-order valence-corrected chi connectivity index (χ4v) is 5.15. The van der Waals surface area contributed by atoms with Crippen LogP contribution >= 0.6 is 0 Å². The lowest BCUT2D eigenvalue weighted by atomic mass is 9.98. The summed E-state index contributed by atoms with van der Waals surface area (Å²) in [6.45, 7) is 6.76. The summed E-state index contributed by atoms with van der Waals surface area (Å²) in [5, 5.41) is 1.12. The molecule has 166 valence electrons. The van der Waals surface area contributed by atoms with Crippen molar-refractivity contribution in [1.29, 1.82) is 0 Å². The molecule has 5 rings (SSSR count). The largest absolute Gasteiger partial charge is 0.358 e. The first-order valence-electron chi connectivity index (χ1n) is 11.4.